The van der Waals surface area contributed by atoms with E-state index < -0.39 is 0 Å². The van der Waals surface area contributed by atoms with Crippen molar-refractivity contribution in [3.63, 3.8) is 0 Å². The van der Waals surface area contributed by atoms with Crippen LogP contribution in [0.2, 0.25) is 0 Å². The second kappa shape index (κ2) is 3.67. The van der Waals surface area contributed by atoms with E-state index in [1.54, 1.807) is 7.11 Å². The summed E-state index contributed by atoms with van der Waals surface area (Å²) in [6.07, 6.45) is 0. The molecule has 2 nitrogen and oxygen atoms in total. The predicted molar refractivity (Wildman–Crippen MR) is 69.7 cm³/mol. The minimum atomic E-state index is 0.317. The Hall–Kier alpha value is -2.22. The average Bonchev–Trinajstić information content (AvgIpc) is 2.38. The fourth-order valence-electron chi connectivity index (χ4n) is 2.22. The van der Waals surface area contributed by atoms with Gasteiger partial charge in [-0.15, -0.1) is 0 Å². The van der Waals surface area contributed by atoms with E-state index in [4.69, 9.17) is 4.74 Å². The topological polar surface area (TPSA) is 29.5 Å². The summed E-state index contributed by atoms with van der Waals surface area (Å²) in [7, 11) is 1.64. The number of phenols is 1. The molecule has 0 aliphatic heterocycles. The summed E-state index contributed by atoms with van der Waals surface area (Å²) in [5.41, 5.74) is 0. The van der Waals surface area contributed by atoms with Crippen LogP contribution in [0.3, 0.4) is 0 Å². The molecule has 0 unspecified atom stereocenters. The Kier molecular flexibility index (Phi) is 2.15. The van der Waals surface area contributed by atoms with Crippen LogP contribution in [0.1, 0.15) is 0 Å². The second-order valence-corrected chi connectivity index (χ2v) is 4.00. The molecule has 0 aliphatic carbocycles. The van der Waals surface area contributed by atoms with E-state index in [0.717, 1.165) is 27.3 Å². The lowest BCUT2D eigenvalue weighted by atomic mass is 10.0. The third kappa shape index (κ3) is 1.41. The lowest BCUT2D eigenvalue weighted by molar-refractivity contribution is 0.419. The summed E-state index contributed by atoms with van der Waals surface area (Å²) in [5, 5.41) is 13.9. The Morgan fingerprint density at radius 3 is 2.47 bits per heavy atom. The number of hydrogen-bond donors (Lipinski definition) is 1. The van der Waals surface area contributed by atoms with Gasteiger partial charge in [0.25, 0.3) is 0 Å². The highest BCUT2D eigenvalue weighted by atomic mass is 16.5. The predicted octanol–water partition coefficient (Wildman–Crippen LogP) is 3.71. The number of hydrogen-bond acceptors (Lipinski definition) is 2. The highest BCUT2D eigenvalue weighted by Crippen LogP contribution is 2.37. The SMILES string of the molecule is COc1cccc2c(O)c3ccccc3cc12. The van der Waals surface area contributed by atoms with Gasteiger partial charge in [0.1, 0.15) is 11.5 Å². The lowest BCUT2D eigenvalue weighted by Crippen LogP contribution is -1.85. The third-order valence-corrected chi connectivity index (χ3v) is 3.06. The zero-order chi connectivity index (χ0) is 11.8. The largest absolute Gasteiger partial charge is 0.507 e. The molecule has 17 heavy (non-hydrogen) atoms. The van der Waals surface area contributed by atoms with Gasteiger partial charge >= 0.3 is 0 Å². The molecule has 2 heteroatoms. The van der Waals surface area contributed by atoms with Crippen LogP contribution in [-0.2, 0) is 0 Å². The first-order valence-electron chi connectivity index (χ1n) is 5.48. The zero-order valence-electron chi connectivity index (χ0n) is 9.47. The molecule has 0 atom stereocenters. The first-order valence-corrected chi connectivity index (χ1v) is 5.48. The molecule has 0 heterocycles. The van der Waals surface area contributed by atoms with Crippen molar-refractivity contribution in [2.45, 2.75) is 0 Å². The smallest absolute Gasteiger partial charge is 0.131 e. The van der Waals surface area contributed by atoms with E-state index in [-0.39, 0.29) is 0 Å². The highest BCUT2D eigenvalue weighted by molar-refractivity contribution is 6.07. The molecule has 0 radical (unpaired) electrons. The van der Waals surface area contributed by atoms with Gasteiger partial charge in [0.15, 0.2) is 0 Å². The number of ether oxygens (including phenoxy) is 1. The van der Waals surface area contributed by atoms with Gasteiger partial charge in [0.2, 0.25) is 0 Å². The Morgan fingerprint density at radius 2 is 1.65 bits per heavy atom. The van der Waals surface area contributed by atoms with Crippen LogP contribution in [0.15, 0.2) is 48.5 Å². The van der Waals surface area contributed by atoms with E-state index in [0.29, 0.717) is 5.75 Å². The number of aromatic hydroxyl groups is 1. The molecule has 0 saturated heterocycles. The standard InChI is InChI=1S/C15H12O2/c1-17-14-8-4-7-12-13(14)9-10-5-2-3-6-11(10)15(12)16/h2-9,16H,1H3. The average molecular weight is 224 g/mol. The molecule has 0 aliphatic rings. The molecular formula is C15H12O2. The van der Waals surface area contributed by atoms with Gasteiger partial charge in [0.05, 0.1) is 7.11 Å². The summed E-state index contributed by atoms with van der Waals surface area (Å²) >= 11 is 0. The number of methoxy groups -OCH3 is 1. The van der Waals surface area contributed by atoms with Crippen molar-refractivity contribution < 1.29 is 9.84 Å². The van der Waals surface area contributed by atoms with Crippen molar-refractivity contribution >= 4 is 21.5 Å². The van der Waals surface area contributed by atoms with Gasteiger partial charge in [0, 0.05) is 16.2 Å². The molecule has 0 bridgehead atoms. The van der Waals surface area contributed by atoms with Crippen LogP contribution in [0.25, 0.3) is 21.5 Å². The lowest BCUT2D eigenvalue weighted by Gasteiger charge is -2.09. The maximum absolute atomic E-state index is 10.3. The van der Waals surface area contributed by atoms with Gasteiger partial charge in [-0.3, -0.25) is 0 Å². The van der Waals surface area contributed by atoms with Crippen LogP contribution in [0.5, 0.6) is 11.5 Å². The zero-order valence-corrected chi connectivity index (χ0v) is 9.47. The van der Waals surface area contributed by atoms with Crippen molar-refractivity contribution in [2.75, 3.05) is 7.11 Å². The molecule has 0 amide bonds. The minimum Gasteiger partial charge on any atom is -0.507 e. The quantitative estimate of drug-likeness (QED) is 0.638. The summed E-state index contributed by atoms with van der Waals surface area (Å²) in [6.45, 7) is 0. The fourth-order valence-corrected chi connectivity index (χ4v) is 2.22. The molecule has 0 saturated carbocycles. The van der Waals surface area contributed by atoms with E-state index in [2.05, 4.69) is 0 Å². The molecule has 0 spiro atoms. The van der Waals surface area contributed by atoms with Crippen molar-refractivity contribution in [1.82, 2.24) is 0 Å². The first-order chi connectivity index (χ1) is 8.31. The number of rotatable bonds is 1. The molecule has 3 rings (SSSR count). The maximum atomic E-state index is 10.3. The van der Waals surface area contributed by atoms with Crippen molar-refractivity contribution in [2.24, 2.45) is 0 Å². The molecule has 3 aromatic carbocycles. The normalized spacial score (nSPS) is 10.9. The van der Waals surface area contributed by atoms with Crippen LogP contribution in [-0.4, -0.2) is 12.2 Å². The van der Waals surface area contributed by atoms with Crippen molar-refractivity contribution in [3.8, 4) is 11.5 Å². The van der Waals surface area contributed by atoms with Crippen LogP contribution >= 0.6 is 0 Å². The minimum absolute atomic E-state index is 0.317. The van der Waals surface area contributed by atoms with Crippen molar-refractivity contribution in [1.29, 1.82) is 0 Å². The summed E-state index contributed by atoms with van der Waals surface area (Å²) in [4.78, 5) is 0. The Bertz CT molecular complexity index is 702. The molecule has 0 fully saturated rings. The Balaban J connectivity index is 2.54. The monoisotopic (exact) mass is 224 g/mol. The summed E-state index contributed by atoms with van der Waals surface area (Å²) in [5.74, 6) is 1.10. The van der Waals surface area contributed by atoms with Crippen molar-refractivity contribution in [3.05, 3.63) is 48.5 Å². The third-order valence-electron chi connectivity index (χ3n) is 3.06. The van der Waals surface area contributed by atoms with Gasteiger partial charge in [-0.2, -0.15) is 0 Å². The highest BCUT2D eigenvalue weighted by Gasteiger charge is 2.08. The summed E-state index contributed by atoms with van der Waals surface area (Å²) in [6, 6.07) is 15.5. The van der Waals surface area contributed by atoms with Gasteiger partial charge in [-0.05, 0) is 17.5 Å². The number of phenolic OH excluding ortho intramolecular Hbond substituents is 1. The number of benzene rings is 3. The van der Waals surface area contributed by atoms with Gasteiger partial charge in [-0.1, -0.05) is 36.4 Å². The second-order valence-electron chi connectivity index (χ2n) is 4.00. The molecule has 3 aromatic rings. The van der Waals surface area contributed by atoms with E-state index in [1.807, 2.05) is 48.5 Å². The first kappa shape index (κ1) is 9.97. The summed E-state index contributed by atoms with van der Waals surface area (Å²) < 4.78 is 5.32. The molecule has 84 valence electrons. The Morgan fingerprint density at radius 1 is 0.882 bits per heavy atom. The van der Waals surface area contributed by atoms with E-state index >= 15 is 0 Å². The van der Waals surface area contributed by atoms with E-state index in [9.17, 15) is 5.11 Å². The number of fused-ring (bicyclic) bond motifs is 2. The molecular weight excluding hydrogens is 212 g/mol. The van der Waals surface area contributed by atoms with Gasteiger partial charge in [-0.25, -0.2) is 0 Å². The molecule has 1 N–H and O–H groups in total. The van der Waals surface area contributed by atoms with Gasteiger partial charge < -0.3 is 9.84 Å². The Labute approximate surface area is 99.1 Å². The fraction of sp³-hybridized carbons (Fsp3) is 0.0667. The molecule has 0 aromatic heterocycles. The van der Waals surface area contributed by atoms with Crippen LogP contribution < -0.4 is 4.74 Å². The van der Waals surface area contributed by atoms with E-state index in [1.165, 1.54) is 0 Å². The van der Waals surface area contributed by atoms with Crippen LogP contribution in [0, 0.1) is 0 Å². The maximum Gasteiger partial charge on any atom is 0.131 e. The van der Waals surface area contributed by atoms with Crippen LogP contribution in [0.4, 0.5) is 0 Å².